The lowest BCUT2D eigenvalue weighted by Gasteiger charge is -2.33. The van der Waals surface area contributed by atoms with Crippen LogP contribution in [0.5, 0.6) is 28.7 Å². The van der Waals surface area contributed by atoms with E-state index in [1.54, 1.807) is 37.3 Å². The van der Waals surface area contributed by atoms with E-state index < -0.39 is 28.5 Å². The van der Waals surface area contributed by atoms with E-state index in [0.717, 1.165) is 30.0 Å². The first-order chi connectivity index (χ1) is 22.6. The molecule has 0 heterocycles. The van der Waals surface area contributed by atoms with Crippen molar-refractivity contribution in [3.8, 4) is 28.7 Å². The van der Waals surface area contributed by atoms with Crippen molar-refractivity contribution in [1.82, 2.24) is 10.2 Å². The number of anilines is 1. The van der Waals surface area contributed by atoms with Crippen LogP contribution in [0.3, 0.4) is 0 Å². The molecular formula is C34H43N3O9S. The van der Waals surface area contributed by atoms with Crippen LogP contribution in [0.4, 0.5) is 5.69 Å². The lowest BCUT2D eigenvalue weighted by molar-refractivity contribution is -0.139. The number of carbonyl (C=O) groups excluding carboxylic acids is 2. The van der Waals surface area contributed by atoms with Crippen molar-refractivity contribution in [3.05, 3.63) is 66.2 Å². The van der Waals surface area contributed by atoms with Gasteiger partial charge in [0, 0.05) is 24.7 Å². The molecule has 0 saturated heterocycles. The van der Waals surface area contributed by atoms with E-state index in [2.05, 4.69) is 5.32 Å². The minimum absolute atomic E-state index is 0.0226. The molecular weight excluding hydrogens is 626 g/mol. The highest BCUT2D eigenvalue weighted by atomic mass is 32.2. The molecule has 4 rings (SSSR count). The van der Waals surface area contributed by atoms with Gasteiger partial charge in [-0.2, -0.15) is 0 Å². The first-order valence-electron chi connectivity index (χ1n) is 15.3. The standard InChI is InChI=1S/C34H43N3O9S/c1-23(34(39)35-25-11-7-8-12-25)36(21-24-10-9-13-26(18-24)42-2)33(38)22-37(29-19-27(43-3)14-16-30(29)44-4)47(40,41)28-15-17-31(45-5)32(20-28)46-6/h9-10,13-20,23,25H,7-8,11-12,21-22H2,1-6H3,(H,35,39). The third-order valence-corrected chi connectivity index (χ3v) is 9.99. The molecule has 12 nitrogen and oxygen atoms in total. The second-order valence-corrected chi connectivity index (χ2v) is 13.0. The molecule has 1 saturated carbocycles. The number of sulfonamides is 1. The van der Waals surface area contributed by atoms with Gasteiger partial charge < -0.3 is 33.9 Å². The molecule has 1 aliphatic rings. The Morgan fingerprint density at radius 1 is 0.809 bits per heavy atom. The summed E-state index contributed by atoms with van der Waals surface area (Å²) in [6.07, 6.45) is 3.79. The van der Waals surface area contributed by atoms with Crippen LogP contribution in [-0.4, -0.2) is 79.3 Å². The molecule has 0 spiro atoms. The molecule has 1 unspecified atom stereocenters. The average molecular weight is 670 g/mol. The van der Waals surface area contributed by atoms with Crippen molar-refractivity contribution < 1.29 is 41.7 Å². The molecule has 0 aliphatic heterocycles. The molecule has 13 heteroatoms. The second-order valence-electron chi connectivity index (χ2n) is 11.1. The first-order valence-corrected chi connectivity index (χ1v) is 16.7. The van der Waals surface area contributed by atoms with E-state index in [1.807, 2.05) is 6.07 Å². The minimum atomic E-state index is -4.45. The summed E-state index contributed by atoms with van der Waals surface area (Å²) < 4.78 is 56.9. The number of ether oxygens (including phenoxy) is 5. The molecule has 0 aromatic heterocycles. The Morgan fingerprint density at radius 2 is 1.45 bits per heavy atom. The van der Waals surface area contributed by atoms with E-state index in [9.17, 15) is 18.0 Å². The number of rotatable bonds is 15. The van der Waals surface area contributed by atoms with Gasteiger partial charge in [0.2, 0.25) is 11.8 Å². The molecule has 0 bridgehead atoms. The fourth-order valence-electron chi connectivity index (χ4n) is 5.55. The topological polar surface area (TPSA) is 133 Å². The molecule has 47 heavy (non-hydrogen) atoms. The number of hydrogen-bond donors (Lipinski definition) is 1. The molecule has 1 atom stereocenters. The highest BCUT2D eigenvalue weighted by molar-refractivity contribution is 7.92. The number of carbonyl (C=O) groups is 2. The summed E-state index contributed by atoms with van der Waals surface area (Å²) in [5.74, 6) is 0.704. The number of nitrogens with zero attached hydrogens (tertiary/aromatic N) is 2. The molecule has 254 valence electrons. The molecule has 0 radical (unpaired) electrons. The Kier molecular flexibility index (Phi) is 11.8. The highest BCUT2D eigenvalue weighted by Crippen LogP contribution is 2.38. The van der Waals surface area contributed by atoms with Gasteiger partial charge in [-0.3, -0.25) is 13.9 Å². The fourth-order valence-corrected chi connectivity index (χ4v) is 6.98. The van der Waals surface area contributed by atoms with Crippen LogP contribution >= 0.6 is 0 Å². The van der Waals surface area contributed by atoms with Gasteiger partial charge in [0.1, 0.15) is 29.8 Å². The van der Waals surface area contributed by atoms with Gasteiger partial charge in [-0.1, -0.05) is 25.0 Å². The molecule has 2 amide bonds. The zero-order valence-electron chi connectivity index (χ0n) is 27.6. The second kappa shape index (κ2) is 15.8. The normalized spacial score (nSPS) is 13.7. The van der Waals surface area contributed by atoms with E-state index in [0.29, 0.717) is 22.8 Å². The lowest BCUT2D eigenvalue weighted by atomic mass is 10.1. The van der Waals surface area contributed by atoms with Gasteiger partial charge in [-0.05, 0) is 61.7 Å². The van der Waals surface area contributed by atoms with Crippen molar-refractivity contribution >= 4 is 27.5 Å². The highest BCUT2D eigenvalue weighted by Gasteiger charge is 2.35. The monoisotopic (exact) mass is 669 g/mol. The summed E-state index contributed by atoms with van der Waals surface area (Å²) in [6, 6.07) is 15.1. The predicted octanol–water partition coefficient (Wildman–Crippen LogP) is 4.40. The Labute approximate surface area is 276 Å². The first kappa shape index (κ1) is 35.2. The summed E-state index contributed by atoms with van der Waals surface area (Å²) >= 11 is 0. The fraction of sp³-hybridized carbons (Fsp3) is 0.412. The van der Waals surface area contributed by atoms with Crippen LogP contribution in [0, 0.1) is 0 Å². The third kappa shape index (κ3) is 8.20. The van der Waals surface area contributed by atoms with Crippen LogP contribution in [0.2, 0.25) is 0 Å². The lowest BCUT2D eigenvalue weighted by Crippen LogP contribution is -2.52. The predicted molar refractivity (Wildman–Crippen MR) is 177 cm³/mol. The van der Waals surface area contributed by atoms with Crippen LogP contribution in [0.1, 0.15) is 38.2 Å². The van der Waals surface area contributed by atoms with Crippen molar-refractivity contribution in [1.29, 1.82) is 0 Å². The maximum Gasteiger partial charge on any atom is 0.265 e. The Balaban J connectivity index is 1.80. The number of benzene rings is 3. The van der Waals surface area contributed by atoms with Crippen LogP contribution in [0.25, 0.3) is 0 Å². The quantitative estimate of drug-likeness (QED) is 0.250. The van der Waals surface area contributed by atoms with E-state index in [-0.39, 0.29) is 40.6 Å². The van der Waals surface area contributed by atoms with E-state index in [1.165, 1.54) is 64.7 Å². The van der Waals surface area contributed by atoms with Gasteiger partial charge in [0.05, 0.1) is 46.1 Å². The van der Waals surface area contributed by atoms with Gasteiger partial charge in [0.15, 0.2) is 11.5 Å². The molecule has 3 aromatic rings. The Bertz CT molecular complexity index is 1660. The summed E-state index contributed by atoms with van der Waals surface area (Å²) in [5, 5.41) is 3.07. The van der Waals surface area contributed by atoms with Gasteiger partial charge in [0.25, 0.3) is 10.0 Å². The van der Waals surface area contributed by atoms with E-state index in [4.69, 9.17) is 23.7 Å². The van der Waals surface area contributed by atoms with E-state index >= 15 is 0 Å². The van der Waals surface area contributed by atoms with Crippen molar-refractivity contribution in [3.63, 3.8) is 0 Å². The van der Waals surface area contributed by atoms with Crippen LogP contribution in [0.15, 0.2) is 65.6 Å². The Hall–Kier alpha value is -4.65. The van der Waals surface area contributed by atoms with Gasteiger partial charge >= 0.3 is 0 Å². The third-order valence-electron chi connectivity index (χ3n) is 8.23. The molecule has 3 aromatic carbocycles. The minimum Gasteiger partial charge on any atom is -0.497 e. The van der Waals surface area contributed by atoms with Gasteiger partial charge in [-0.25, -0.2) is 8.42 Å². The largest absolute Gasteiger partial charge is 0.497 e. The number of methoxy groups -OCH3 is 5. The summed E-state index contributed by atoms with van der Waals surface area (Å²) in [6.45, 7) is 1.00. The zero-order chi connectivity index (χ0) is 34.1. The average Bonchev–Trinajstić information content (AvgIpc) is 3.61. The van der Waals surface area contributed by atoms with Crippen molar-refractivity contribution in [2.45, 2.75) is 56.1 Å². The molecule has 1 fully saturated rings. The van der Waals surface area contributed by atoms with Gasteiger partial charge in [-0.15, -0.1) is 0 Å². The number of amides is 2. The zero-order valence-corrected chi connectivity index (χ0v) is 28.5. The molecule has 1 N–H and O–H groups in total. The maximum atomic E-state index is 14.5. The number of hydrogen-bond acceptors (Lipinski definition) is 9. The Morgan fingerprint density at radius 3 is 2.09 bits per heavy atom. The molecule has 1 aliphatic carbocycles. The number of nitrogens with one attached hydrogen (secondary N) is 1. The summed E-state index contributed by atoms with van der Waals surface area (Å²) in [5.41, 5.74) is 0.769. The van der Waals surface area contributed by atoms with Crippen molar-refractivity contribution in [2.75, 3.05) is 46.4 Å². The summed E-state index contributed by atoms with van der Waals surface area (Å²) in [4.78, 5) is 29.2. The van der Waals surface area contributed by atoms with Crippen molar-refractivity contribution in [2.24, 2.45) is 0 Å². The SMILES string of the molecule is COc1cccc(CN(C(=O)CN(c2cc(OC)ccc2OC)S(=O)(=O)c2ccc(OC)c(OC)c2)C(C)C(=O)NC2CCCC2)c1. The van der Waals surface area contributed by atoms with Crippen LogP contribution in [-0.2, 0) is 26.2 Å². The maximum absolute atomic E-state index is 14.5. The van der Waals surface area contributed by atoms with Crippen LogP contribution < -0.4 is 33.3 Å². The smallest absolute Gasteiger partial charge is 0.265 e. The summed E-state index contributed by atoms with van der Waals surface area (Å²) in [7, 11) is 2.78.